The number of aryl methyl sites for hydroxylation is 2. The van der Waals surface area contributed by atoms with E-state index in [0.717, 1.165) is 22.6 Å². The molecule has 0 unspecified atom stereocenters. The number of phenolic OH excluding ortho intramolecular Hbond substituents is 1. The molecule has 0 radical (unpaired) electrons. The highest BCUT2D eigenvalue weighted by molar-refractivity contribution is 5.94. The van der Waals surface area contributed by atoms with Crippen molar-refractivity contribution in [2.24, 2.45) is 0 Å². The molecule has 0 atom stereocenters. The number of carbonyl (C=O) groups excluding carboxylic acids is 1. The number of aromatic nitrogens is 1. The van der Waals surface area contributed by atoms with Gasteiger partial charge in [-0.1, -0.05) is 23.4 Å². The first-order valence-electron chi connectivity index (χ1n) is 8.73. The minimum absolute atomic E-state index is 0.169. The predicted octanol–water partition coefficient (Wildman–Crippen LogP) is 3.55. The zero-order valence-electron chi connectivity index (χ0n) is 15.4. The van der Waals surface area contributed by atoms with Gasteiger partial charge < -0.3 is 19.7 Å². The van der Waals surface area contributed by atoms with E-state index >= 15 is 0 Å². The monoisotopic (exact) mass is 366 g/mol. The van der Waals surface area contributed by atoms with Gasteiger partial charge in [-0.15, -0.1) is 0 Å². The van der Waals surface area contributed by atoms with Gasteiger partial charge in [0.25, 0.3) is 5.91 Å². The molecule has 6 heteroatoms. The smallest absolute Gasteiger partial charge is 0.251 e. The third-order valence-corrected chi connectivity index (χ3v) is 4.27. The molecule has 6 nitrogen and oxygen atoms in total. The summed E-state index contributed by atoms with van der Waals surface area (Å²) in [6, 6.07) is 14.1. The molecular formula is C21H22N2O4. The average Bonchev–Trinajstić information content (AvgIpc) is 2.98. The van der Waals surface area contributed by atoms with E-state index in [0.29, 0.717) is 30.9 Å². The van der Waals surface area contributed by atoms with Crippen LogP contribution >= 0.6 is 0 Å². The van der Waals surface area contributed by atoms with E-state index in [1.807, 2.05) is 26.0 Å². The molecule has 2 N–H and O–H groups in total. The zero-order chi connectivity index (χ0) is 19.2. The summed E-state index contributed by atoms with van der Waals surface area (Å²) in [6.45, 7) is 4.52. The van der Waals surface area contributed by atoms with Gasteiger partial charge in [-0.2, -0.15) is 0 Å². The Hall–Kier alpha value is -3.28. The third-order valence-electron chi connectivity index (χ3n) is 4.27. The molecule has 0 saturated heterocycles. The minimum atomic E-state index is -0.169. The van der Waals surface area contributed by atoms with Crippen LogP contribution in [0.4, 0.5) is 0 Å². The molecule has 1 aromatic heterocycles. The van der Waals surface area contributed by atoms with E-state index in [1.165, 1.54) is 0 Å². The summed E-state index contributed by atoms with van der Waals surface area (Å²) >= 11 is 0. The average molecular weight is 366 g/mol. The molecule has 0 bridgehead atoms. The SMILES string of the molecule is Cc1noc(C)c1COc1cccc(C(=O)NCCc2cccc(O)c2)c1. The molecule has 1 heterocycles. The summed E-state index contributed by atoms with van der Waals surface area (Å²) in [5, 5.41) is 16.3. The predicted molar refractivity (Wildman–Crippen MR) is 101 cm³/mol. The maximum absolute atomic E-state index is 12.4. The number of phenols is 1. The third kappa shape index (κ3) is 4.88. The number of hydrogen-bond acceptors (Lipinski definition) is 5. The zero-order valence-corrected chi connectivity index (χ0v) is 15.4. The number of hydrogen-bond donors (Lipinski definition) is 2. The van der Waals surface area contributed by atoms with Gasteiger partial charge in [-0.25, -0.2) is 0 Å². The molecule has 1 amide bonds. The molecule has 2 aromatic carbocycles. The van der Waals surface area contributed by atoms with E-state index in [1.54, 1.807) is 36.4 Å². The van der Waals surface area contributed by atoms with Gasteiger partial charge in [0.15, 0.2) is 0 Å². The highest BCUT2D eigenvalue weighted by Crippen LogP contribution is 2.18. The molecule has 0 aliphatic carbocycles. The van der Waals surface area contributed by atoms with Crippen molar-refractivity contribution < 1.29 is 19.2 Å². The fourth-order valence-corrected chi connectivity index (χ4v) is 2.72. The number of carbonyl (C=O) groups is 1. The Balaban J connectivity index is 1.55. The Kier molecular flexibility index (Phi) is 5.76. The number of nitrogens with one attached hydrogen (secondary N) is 1. The van der Waals surface area contributed by atoms with Gasteiger partial charge in [0, 0.05) is 12.1 Å². The van der Waals surface area contributed by atoms with Crippen LogP contribution in [0.25, 0.3) is 0 Å². The minimum Gasteiger partial charge on any atom is -0.508 e. The number of nitrogens with zero attached hydrogens (tertiary/aromatic N) is 1. The van der Waals surface area contributed by atoms with E-state index in [4.69, 9.17) is 9.26 Å². The molecule has 3 aromatic rings. The molecule has 0 spiro atoms. The Bertz CT molecular complexity index is 914. The van der Waals surface area contributed by atoms with Crippen molar-refractivity contribution in [2.75, 3.05) is 6.54 Å². The summed E-state index contributed by atoms with van der Waals surface area (Å²) in [4.78, 5) is 12.4. The first-order valence-corrected chi connectivity index (χ1v) is 8.73. The first-order chi connectivity index (χ1) is 13.0. The van der Waals surface area contributed by atoms with E-state index in [2.05, 4.69) is 10.5 Å². The van der Waals surface area contributed by atoms with E-state index in [9.17, 15) is 9.90 Å². The summed E-state index contributed by atoms with van der Waals surface area (Å²) in [7, 11) is 0. The highest BCUT2D eigenvalue weighted by atomic mass is 16.5. The number of amides is 1. The highest BCUT2D eigenvalue weighted by Gasteiger charge is 2.11. The molecule has 0 aliphatic rings. The van der Waals surface area contributed by atoms with Crippen molar-refractivity contribution in [3.05, 3.63) is 76.7 Å². The lowest BCUT2D eigenvalue weighted by Gasteiger charge is -2.09. The summed E-state index contributed by atoms with van der Waals surface area (Å²) in [5.74, 6) is 1.39. The van der Waals surface area contributed by atoms with E-state index in [-0.39, 0.29) is 11.7 Å². The van der Waals surface area contributed by atoms with Crippen LogP contribution in [-0.4, -0.2) is 22.7 Å². The van der Waals surface area contributed by atoms with E-state index < -0.39 is 0 Å². The lowest BCUT2D eigenvalue weighted by molar-refractivity contribution is 0.0953. The molecule has 0 fully saturated rings. The Morgan fingerprint density at radius 2 is 2.00 bits per heavy atom. The Morgan fingerprint density at radius 3 is 2.74 bits per heavy atom. The van der Waals surface area contributed by atoms with Gasteiger partial charge >= 0.3 is 0 Å². The van der Waals surface area contributed by atoms with Crippen LogP contribution in [0.15, 0.2) is 53.1 Å². The fraction of sp³-hybridized carbons (Fsp3) is 0.238. The molecule has 0 saturated carbocycles. The van der Waals surface area contributed by atoms with Crippen LogP contribution in [0.3, 0.4) is 0 Å². The van der Waals surface area contributed by atoms with Crippen molar-refractivity contribution in [3.8, 4) is 11.5 Å². The maximum atomic E-state index is 12.4. The normalized spacial score (nSPS) is 10.6. The van der Waals surface area contributed by atoms with Gasteiger partial charge in [-0.3, -0.25) is 4.79 Å². The second-order valence-electron chi connectivity index (χ2n) is 6.30. The maximum Gasteiger partial charge on any atom is 0.251 e. The largest absolute Gasteiger partial charge is 0.508 e. The van der Waals surface area contributed by atoms with Crippen molar-refractivity contribution in [1.82, 2.24) is 10.5 Å². The van der Waals surface area contributed by atoms with Crippen LogP contribution in [-0.2, 0) is 13.0 Å². The standard InChI is InChI=1S/C21H22N2O4/c1-14-20(15(2)27-23-14)13-26-19-8-4-6-17(12-19)21(25)22-10-9-16-5-3-7-18(24)11-16/h3-8,11-12,24H,9-10,13H2,1-2H3,(H,22,25). The van der Waals surface area contributed by atoms with Gasteiger partial charge in [0.05, 0.1) is 11.3 Å². The quantitative estimate of drug-likeness (QED) is 0.668. The number of rotatable bonds is 7. The Morgan fingerprint density at radius 1 is 1.19 bits per heavy atom. The summed E-state index contributed by atoms with van der Waals surface area (Å²) in [6.07, 6.45) is 0.641. The second kappa shape index (κ2) is 8.40. The molecule has 140 valence electrons. The van der Waals surface area contributed by atoms with Crippen LogP contribution in [0.5, 0.6) is 11.5 Å². The summed E-state index contributed by atoms with van der Waals surface area (Å²) < 4.78 is 10.9. The van der Waals surface area contributed by atoms with Crippen LogP contribution in [0, 0.1) is 13.8 Å². The second-order valence-corrected chi connectivity index (χ2v) is 6.30. The molecule has 3 rings (SSSR count). The molecule has 27 heavy (non-hydrogen) atoms. The van der Waals surface area contributed by atoms with Crippen LogP contribution in [0.2, 0.25) is 0 Å². The number of aromatic hydroxyl groups is 1. The lowest BCUT2D eigenvalue weighted by atomic mass is 10.1. The fourth-order valence-electron chi connectivity index (χ4n) is 2.72. The topological polar surface area (TPSA) is 84.6 Å². The van der Waals surface area contributed by atoms with Crippen molar-refractivity contribution in [3.63, 3.8) is 0 Å². The van der Waals surface area contributed by atoms with Crippen molar-refractivity contribution in [2.45, 2.75) is 26.9 Å². The Labute approximate surface area is 157 Å². The van der Waals surface area contributed by atoms with Crippen molar-refractivity contribution >= 4 is 5.91 Å². The van der Waals surface area contributed by atoms with Crippen LogP contribution < -0.4 is 10.1 Å². The van der Waals surface area contributed by atoms with Crippen LogP contribution in [0.1, 0.15) is 32.9 Å². The van der Waals surface area contributed by atoms with Gasteiger partial charge in [0.2, 0.25) is 0 Å². The first kappa shape index (κ1) is 18.5. The van der Waals surface area contributed by atoms with Gasteiger partial charge in [0.1, 0.15) is 23.9 Å². The summed E-state index contributed by atoms with van der Waals surface area (Å²) in [5.41, 5.74) is 3.21. The lowest BCUT2D eigenvalue weighted by Crippen LogP contribution is -2.25. The molecular weight excluding hydrogens is 344 g/mol. The number of benzene rings is 2. The number of ether oxygens (including phenoxy) is 1. The van der Waals surface area contributed by atoms with Crippen molar-refractivity contribution in [1.29, 1.82) is 0 Å². The molecule has 0 aliphatic heterocycles. The van der Waals surface area contributed by atoms with Gasteiger partial charge in [-0.05, 0) is 56.2 Å².